The summed E-state index contributed by atoms with van der Waals surface area (Å²) in [6.07, 6.45) is 1.66. The number of rotatable bonds is 3. The van der Waals surface area contributed by atoms with E-state index in [2.05, 4.69) is 33.8 Å². The maximum atomic E-state index is 11.5. The van der Waals surface area contributed by atoms with Gasteiger partial charge < -0.3 is 5.11 Å². The van der Waals surface area contributed by atoms with E-state index in [0.717, 1.165) is 29.4 Å². The number of aliphatic carboxylic acids is 1. The van der Waals surface area contributed by atoms with E-state index in [1.165, 1.54) is 0 Å². The van der Waals surface area contributed by atoms with Crippen LogP contribution in [0, 0.1) is 0 Å². The van der Waals surface area contributed by atoms with Crippen molar-refractivity contribution >= 4 is 21.9 Å². The average Bonchev–Trinajstić information content (AvgIpc) is 2.72. The largest absolute Gasteiger partial charge is 0.480 e. The Morgan fingerprint density at radius 3 is 2.78 bits per heavy atom. The first-order valence-electron chi connectivity index (χ1n) is 6.21. The van der Waals surface area contributed by atoms with Crippen molar-refractivity contribution < 1.29 is 9.90 Å². The Labute approximate surface area is 116 Å². The van der Waals surface area contributed by atoms with E-state index >= 15 is 0 Å². The fraction of sp³-hybridized carbons (Fsp3) is 0.500. The topological polar surface area (TPSA) is 40.5 Å². The molecular formula is C14H18BrNO2. The number of hydrogen-bond acceptors (Lipinski definition) is 2. The van der Waals surface area contributed by atoms with Gasteiger partial charge in [0.15, 0.2) is 0 Å². The summed E-state index contributed by atoms with van der Waals surface area (Å²) in [5.74, 6) is -0.723. The number of carbonyl (C=O) groups is 1. The highest BCUT2D eigenvalue weighted by atomic mass is 79.9. The zero-order valence-electron chi connectivity index (χ0n) is 10.7. The van der Waals surface area contributed by atoms with Crippen molar-refractivity contribution in [2.75, 3.05) is 6.54 Å². The van der Waals surface area contributed by atoms with Gasteiger partial charge in [0.1, 0.15) is 5.54 Å². The SMILES string of the molecule is CC(c1ccccc1Br)N1CCCC1(C)C(=O)O. The minimum Gasteiger partial charge on any atom is -0.480 e. The predicted octanol–water partition coefficient (Wildman–Crippen LogP) is 3.45. The Morgan fingerprint density at radius 1 is 1.50 bits per heavy atom. The first kappa shape index (κ1) is 13.6. The van der Waals surface area contributed by atoms with Crippen LogP contribution in [0.5, 0.6) is 0 Å². The van der Waals surface area contributed by atoms with Crippen molar-refractivity contribution in [2.45, 2.75) is 38.3 Å². The summed E-state index contributed by atoms with van der Waals surface area (Å²) in [4.78, 5) is 13.6. The second-order valence-corrected chi connectivity index (χ2v) is 5.93. The molecule has 1 aliphatic rings. The number of carboxylic acid groups (broad SMARTS) is 1. The number of likely N-dealkylation sites (tertiary alicyclic amines) is 1. The van der Waals surface area contributed by atoms with E-state index in [0.29, 0.717) is 0 Å². The molecule has 2 rings (SSSR count). The van der Waals surface area contributed by atoms with Gasteiger partial charge in [-0.2, -0.15) is 0 Å². The van der Waals surface area contributed by atoms with E-state index in [9.17, 15) is 9.90 Å². The van der Waals surface area contributed by atoms with E-state index in [1.807, 2.05) is 25.1 Å². The van der Waals surface area contributed by atoms with E-state index in [-0.39, 0.29) is 6.04 Å². The molecular weight excluding hydrogens is 294 g/mol. The quantitative estimate of drug-likeness (QED) is 0.929. The van der Waals surface area contributed by atoms with Crippen LogP contribution in [0.15, 0.2) is 28.7 Å². The second kappa shape index (κ2) is 5.02. The molecule has 0 radical (unpaired) electrons. The third kappa shape index (κ3) is 2.19. The third-order valence-electron chi connectivity index (χ3n) is 3.98. The first-order chi connectivity index (χ1) is 8.47. The fourth-order valence-electron chi connectivity index (χ4n) is 2.82. The molecule has 3 nitrogen and oxygen atoms in total. The molecule has 0 bridgehead atoms. The van der Waals surface area contributed by atoms with Crippen molar-refractivity contribution in [3.8, 4) is 0 Å². The van der Waals surface area contributed by atoms with Gasteiger partial charge in [0.05, 0.1) is 0 Å². The Bertz CT molecular complexity index is 463. The molecule has 2 atom stereocenters. The van der Waals surface area contributed by atoms with Gasteiger partial charge in [-0.15, -0.1) is 0 Å². The zero-order valence-corrected chi connectivity index (χ0v) is 12.3. The lowest BCUT2D eigenvalue weighted by atomic mass is 9.96. The lowest BCUT2D eigenvalue weighted by Crippen LogP contribution is -2.48. The van der Waals surface area contributed by atoms with Gasteiger partial charge in [0.25, 0.3) is 0 Å². The molecule has 98 valence electrons. The predicted molar refractivity (Wildman–Crippen MR) is 74.5 cm³/mol. The van der Waals surface area contributed by atoms with E-state index < -0.39 is 11.5 Å². The lowest BCUT2D eigenvalue weighted by molar-refractivity contribution is -0.149. The second-order valence-electron chi connectivity index (χ2n) is 5.07. The molecule has 0 aromatic heterocycles. The summed E-state index contributed by atoms with van der Waals surface area (Å²) in [7, 11) is 0. The summed E-state index contributed by atoms with van der Waals surface area (Å²) in [5.41, 5.74) is 0.404. The van der Waals surface area contributed by atoms with Crippen molar-refractivity contribution in [3.63, 3.8) is 0 Å². The zero-order chi connectivity index (χ0) is 13.3. The molecule has 1 aromatic rings. The highest BCUT2D eigenvalue weighted by Crippen LogP contribution is 2.38. The van der Waals surface area contributed by atoms with Gasteiger partial charge >= 0.3 is 5.97 Å². The van der Waals surface area contributed by atoms with Crippen LogP contribution in [0.4, 0.5) is 0 Å². The molecule has 1 aliphatic heterocycles. The van der Waals surface area contributed by atoms with Crippen molar-refractivity contribution in [3.05, 3.63) is 34.3 Å². The van der Waals surface area contributed by atoms with E-state index in [4.69, 9.17) is 0 Å². The molecule has 0 aliphatic carbocycles. The van der Waals surface area contributed by atoms with Crippen molar-refractivity contribution in [2.24, 2.45) is 0 Å². The molecule has 2 unspecified atom stereocenters. The van der Waals surface area contributed by atoms with Gasteiger partial charge in [-0.05, 0) is 44.9 Å². The number of benzene rings is 1. The molecule has 0 saturated carbocycles. The van der Waals surface area contributed by atoms with Crippen molar-refractivity contribution in [1.82, 2.24) is 4.90 Å². The Hall–Kier alpha value is -0.870. The van der Waals surface area contributed by atoms with Gasteiger partial charge in [-0.3, -0.25) is 9.69 Å². The molecule has 4 heteroatoms. The number of hydrogen-bond donors (Lipinski definition) is 1. The minimum absolute atomic E-state index is 0.101. The molecule has 18 heavy (non-hydrogen) atoms. The number of carboxylic acids is 1. The van der Waals surface area contributed by atoms with Crippen LogP contribution in [-0.4, -0.2) is 28.1 Å². The minimum atomic E-state index is -0.741. The maximum absolute atomic E-state index is 11.5. The van der Waals surface area contributed by atoms with Crippen LogP contribution in [0.25, 0.3) is 0 Å². The Balaban J connectivity index is 2.32. The summed E-state index contributed by atoms with van der Waals surface area (Å²) in [5, 5.41) is 9.45. The highest BCUT2D eigenvalue weighted by Gasteiger charge is 2.45. The Kier molecular flexibility index (Phi) is 3.78. The fourth-order valence-corrected chi connectivity index (χ4v) is 3.43. The molecule has 1 fully saturated rings. The number of halogens is 1. The van der Waals surface area contributed by atoms with Gasteiger partial charge in [-0.1, -0.05) is 34.1 Å². The molecule has 1 heterocycles. The first-order valence-corrected chi connectivity index (χ1v) is 7.00. The number of nitrogens with zero attached hydrogens (tertiary/aromatic N) is 1. The maximum Gasteiger partial charge on any atom is 0.323 e. The highest BCUT2D eigenvalue weighted by molar-refractivity contribution is 9.10. The average molecular weight is 312 g/mol. The van der Waals surface area contributed by atoms with Gasteiger partial charge in [0, 0.05) is 10.5 Å². The molecule has 1 aromatic carbocycles. The normalized spacial score (nSPS) is 26.2. The van der Waals surface area contributed by atoms with E-state index in [1.54, 1.807) is 0 Å². The standard InChI is InChI=1S/C14H18BrNO2/c1-10(11-6-3-4-7-12(11)15)16-9-5-8-14(16,2)13(17)18/h3-4,6-7,10H,5,8-9H2,1-2H3,(H,17,18). The molecule has 1 N–H and O–H groups in total. The van der Waals surface area contributed by atoms with Crippen LogP contribution in [-0.2, 0) is 4.79 Å². The summed E-state index contributed by atoms with van der Waals surface area (Å²) in [6.45, 7) is 4.74. The molecule has 1 saturated heterocycles. The van der Waals surface area contributed by atoms with Crippen LogP contribution in [0.3, 0.4) is 0 Å². The lowest BCUT2D eigenvalue weighted by Gasteiger charge is -2.36. The molecule has 0 amide bonds. The van der Waals surface area contributed by atoms with Crippen LogP contribution < -0.4 is 0 Å². The van der Waals surface area contributed by atoms with Crippen molar-refractivity contribution in [1.29, 1.82) is 0 Å². The summed E-state index contributed by atoms with van der Waals surface area (Å²) in [6, 6.07) is 8.12. The van der Waals surface area contributed by atoms with Gasteiger partial charge in [0.2, 0.25) is 0 Å². The monoisotopic (exact) mass is 311 g/mol. The van der Waals surface area contributed by atoms with Crippen LogP contribution >= 0.6 is 15.9 Å². The summed E-state index contributed by atoms with van der Waals surface area (Å²) >= 11 is 3.54. The van der Waals surface area contributed by atoms with Crippen LogP contribution in [0.2, 0.25) is 0 Å². The molecule has 0 spiro atoms. The summed E-state index contributed by atoms with van der Waals surface area (Å²) < 4.78 is 1.04. The van der Waals surface area contributed by atoms with Gasteiger partial charge in [-0.25, -0.2) is 0 Å². The smallest absolute Gasteiger partial charge is 0.323 e. The third-order valence-corrected chi connectivity index (χ3v) is 4.70. The Morgan fingerprint density at radius 2 is 2.17 bits per heavy atom. The van der Waals surface area contributed by atoms with Crippen LogP contribution in [0.1, 0.15) is 38.3 Å².